The predicted molar refractivity (Wildman–Crippen MR) is 69.7 cm³/mol. The van der Waals surface area contributed by atoms with Crippen LogP contribution in [0.15, 0.2) is 22.8 Å². The predicted octanol–water partition coefficient (Wildman–Crippen LogP) is 1.65. The van der Waals surface area contributed by atoms with E-state index in [1.807, 2.05) is 12.1 Å². The third-order valence-corrected chi connectivity index (χ3v) is 2.70. The molecular weight excluding hydrogens is 270 g/mol. The minimum Gasteiger partial charge on any atom is -0.383 e. The lowest BCUT2D eigenvalue weighted by atomic mass is 10.3. The lowest BCUT2D eigenvalue weighted by Gasteiger charge is -2.23. The number of nitrogens with two attached hydrogens (primary N) is 1. The van der Waals surface area contributed by atoms with Crippen LogP contribution in [0.3, 0.4) is 0 Å². The number of methoxy groups -OCH3 is 1. The third-order valence-electron chi connectivity index (χ3n) is 2.23. The molecule has 0 aliphatic carbocycles. The Morgan fingerprint density at radius 2 is 2.25 bits per heavy atom. The maximum absolute atomic E-state index is 5.52. The Morgan fingerprint density at radius 3 is 2.81 bits per heavy atom. The molecule has 4 nitrogen and oxygen atoms in total. The molecule has 0 saturated carbocycles. The SMILES string of the molecule is COCCN(CCCN)c1ccc(Br)cn1. The van der Waals surface area contributed by atoms with Crippen molar-refractivity contribution in [2.45, 2.75) is 6.42 Å². The molecule has 90 valence electrons. The van der Waals surface area contributed by atoms with E-state index >= 15 is 0 Å². The van der Waals surface area contributed by atoms with E-state index in [-0.39, 0.29) is 0 Å². The molecule has 0 aliphatic heterocycles. The van der Waals surface area contributed by atoms with Crippen LogP contribution in [0.1, 0.15) is 6.42 Å². The Balaban J connectivity index is 2.62. The fourth-order valence-corrected chi connectivity index (χ4v) is 1.61. The summed E-state index contributed by atoms with van der Waals surface area (Å²) in [6, 6.07) is 3.99. The molecule has 0 fully saturated rings. The van der Waals surface area contributed by atoms with Gasteiger partial charge in [0, 0.05) is 30.9 Å². The largest absolute Gasteiger partial charge is 0.383 e. The highest BCUT2D eigenvalue weighted by Crippen LogP contribution is 2.14. The second-order valence-electron chi connectivity index (χ2n) is 3.46. The topological polar surface area (TPSA) is 51.4 Å². The highest BCUT2D eigenvalue weighted by atomic mass is 79.9. The molecule has 1 heterocycles. The molecule has 0 aromatic carbocycles. The molecule has 0 radical (unpaired) electrons. The van der Waals surface area contributed by atoms with Crippen LogP contribution in [0.25, 0.3) is 0 Å². The number of ether oxygens (including phenoxy) is 1. The average Bonchev–Trinajstić information content (AvgIpc) is 2.31. The van der Waals surface area contributed by atoms with E-state index in [0.717, 1.165) is 29.8 Å². The van der Waals surface area contributed by atoms with Gasteiger partial charge in [-0.15, -0.1) is 0 Å². The van der Waals surface area contributed by atoms with E-state index in [1.54, 1.807) is 13.3 Å². The normalized spacial score (nSPS) is 10.4. The van der Waals surface area contributed by atoms with Gasteiger partial charge in [-0.3, -0.25) is 0 Å². The van der Waals surface area contributed by atoms with E-state index in [0.29, 0.717) is 13.2 Å². The molecule has 5 heteroatoms. The fraction of sp³-hybridized carbons (Fsp3) is 0.545. The summed E-state index contributed by atoms with van der Waals surface area (Å²) in [5.74, 6) is 0.966. The van der Waals surface area contributed by atoms with E-state index in [4.69, 9.17) is 10.5 Å². The van der Waals surface area contributed by atoms with Crippen molar-refractivity contribution in [1.82, 2.24) is 4.98 Å². The van der Waals surface area contributed by atoms with Gasteiger partial charge in [0.05, 0.1) is 6.61 Å². The van der Waals surface area contributed by atoms with Gasteiger partial charge in [0.25, 0.3) is 0 Å². The van der Waals surface area contributed by atoms with Gasteiger partial charge in [-0.2, -0.15) is 0 Å². The van der Waals surface area contributed by atoms with Crippen molar-refractivity contribution >= 4 is 21.7 Å². The second-order valence-corrected chi connectivity index (χ2v) is 4.37. The summed E-state index contributed by atoms with van der Waals surface area (Å²) < 4.78 is 6.08. The van der Waals surface area contributed by atoms with Crippen LogP contribution in [0.2, 0.25) is 0 Å². The lowest BCUT2D eigenvalue weighted by molar-refractivity contribution is 0.205. The van der Waals surface area contributed by atoms with Gasteiger partial charge in [0.1, 0.15) is 5.82 Å². The van der Waals surface area contributed by atoms with Crippen LogP contribution in [0.5, 0.6) is 0 Å². The minimum absolute atomic E-state index is 0.694. The first-order chi connectivity index (χ1) is 7.77. The molecule has 2 N–H and O–H groups in total. The fourth-order valence-electron chi connectivity index (χ4n) is 1.38. The summed E-state index contributed by atoms with van der Waals surface area (Å²) in [5.41, 5.74) is 5.52. The van der Waals surface area contributed by atoms with Crippen molar-refractivity contribution in [2.24, 2.45) is 5.73 Å². The Hall–Kier alpha value is -0.650. The number of pyridine rings is 1. The lowest BCUT2D eigenvalue weighted by Crippen LogP contribution is -2.30. The molecular formula is C11H18BrN3O. The number of rotatable bonds is 7. The smallest absolute Gasteiger partial charge is 0.128 e. The van der Waals surface area contributed by atoms with Crippen molar-refractivity contribution in [3.63, 3.8) is 0 Å². The molecule has 0 unspecified atom stereocenters. The minimum atomic E-state index is 0.694. The van der Waals surface area contributed by atoms with Crippen LogP contribution in [0, 0.1) is 0 Å². The summed E-state index contributed by atoms with van der Waals surface area (Å²) >= 11 is 3.37. The van der Waals surface area contributed by atoms with Gasteiger partial charge >= 0.3 is 0 Å². The molecule has 0 aliphatic rings. The van der Waals surface area contributed by atoms with E-state index < -0.39 is 0 Å². The summed E-state index contributed by atoms with van der Waals surface area (Å²) in [5, 5.41) is 0. The van der Waals surface area contributed by atoms with Crippen molar-refractivity contribution in [3.8, 4) is 0 Å². The Kier molecular flexibility index (Phi) is 6.37. The number of hydrogen-bond donors (Lipinski definition) is 1. The Bertz CT molecular complexity index is 284. The van der Waals surface area contributed by atoms with Crippen molar-refractivity contribution < 1.29 is 4.74 Å². The van der Waals surface area contributed by atoms with Crippen molar-refractivity contribution in [2.75, 3.05) is 38.3 Å². The molecule has 0 amide bonds. The maximum atomic E-state index is 5.52. The Labute approximate surface area is 105 Å². The summed E-state index contributed by atoms with van der Waals surface area (Å²) in [6.07, 6.45) is 2.76. The first kappa shape index (κ1) is 13.4. The van der Waals surface area contributed by atoms with Crippen LogP contribution >= 0.6 is 15.9 Å². The molecule has 1 aromatic heterocycles. The highest BCUT2D eigenvalue weighted by Gasteiger charge is 2.06. The zero-order valence-electron chi connectivity index (χ0n) is 9.53. The molecule has 1 aromatic rings. The van der Waals surface area contributed by atoms with Crippen LogP contribution in [-0.2, 0) is 4.74 Å². The highest BCUT2D eigenvalue weighted by molar-refractivity contribution is 9.10. The number of halogens is 1. The zero-order chi connectivity index (χ0) is 11.8. The van der Waals surface area contributed by atoms with Gasteiger partial charge < -0.3 is 15.4 Å². The van der Waals surface area contributed by atoms with Gasteiger partial charge in [0.2, 0.25) is 0 Å². The van der Waals surface area contributed by atoms with E-state index in [2.05, 4.69) is 25.8 Å². The molecule has 0 saturated heterocycles. The summed E-state index contributed by atoms with van der Waals surface area (Å²) in [7, 11) is 1.70. The van der Waals surface area contributed by atoms with Crippen molar-refractivity contribution in [3.05, 3.63) is 22.8 Å². The molecule has 16 heavy (non-hydrogen) atoms. The van der Waals surface area contributed by atoms with E-state index in [1.165, 1.54) is 0 Å². The number of nitrogens with zero attached hydrogens (tertiary/aromatic N) is 2. The van der Waals surface area contributed by atoms with Crippen LogP contribution in [-0.4, -0.2) is 38.3 Å². The van der Waals surface area contributed by atoms with Crippen molar-refractivity contribution in [1.29, 1.82) is 0 Å². The van der Waals surface area contributed by atoms with Gasteiger partial charge in [0.15, 0.2) is 0 Å². The van der Waals surface area contributed by atoms with Gasteiger partial charge in [-0.05, 0) is 41.0 Å². The molecule has 0 spiro atoms. The molecule has 0 atom stereocenters. The quantitative estimate of drug-likeness (QED) is 0.829. The third kappa shape index (κ3) is 4.47. The zero-order valence-corrected chi connectivity index (χ0v) is 11.1. The maximum Gasteiger partial charge on any atom is 0.128 e. The summed E-state index contributed by atoms with van der Waals surface area (Å²) in [6.45, 7) is 3.14. The second kappa shape index (κ2) is 7.60. The first-order valence-corrected chi connectivity index (χ1v) is 6.12. The van der Waals surface area contributed by atoms with E-state index in [9.17, 15) is 0 Å². The van der Waals surface area contributed by atoms with Gasteiger partial charge in [-0.1, -0.05) is 0 Å². The van der Waals surface area contributed by atoms with Crippen LogP contribution < -0.4 is 10.6 Å². The number of anilines is 1. The molecule has 0 bridgehead atoms. The average molecular weight is 288 g/mol. The molecule has 1 rings (SSSR count). The van der Waals surface area contributed by atoms with Gasteiger partial charge in [-0.25, -0.2) is 4.98 Å². The summed E-state index contributed by atoms with van der Waals surface area (Å²) in [4.78, 5) is 6.55. The monoisotopic (exact) mass is 287 g/mol. The standard InChI is InChI=1S/C11H18BrN3O/c1-16-8-7-15(6-2-5-13)11-4-3-10(12)9-14-11/h3-4,9H,2,5-8,13H2,1H3. The van der Waals surface area contributed by atoms with Crippen LogP contribution in [0.4, 0.5) is 5.82 Å². The number of aromatic nitrogens is 1. The first-order valence-electron chi connectivity index (χ1n) is 5.33. The number of hydrogen-bond acceptors (Lipinski definition) is 4. The Morgan fingerprint density at radius 1 is 1.44 bits per heavy atom.